The second-order valence-electron chi connectivity index (χ2n) is 5.51. The molecule has 2 aromatic rings. The number of benzene rings is 2. The van der Waals surface area contributed by atoms with Gasteiger partial charge in [-0.2, -0.15) is 0 Å². The van der Waals surface area contributed by atoms with Crippen molar-refractivity contribution < 1.29 is 19.8 Å². The van der Waals surface area contributed by atoms with Crippen LogP contribution in [0.1, 0.15) is 25.0 Å². The SMILES string of the molecule is CC(=O)O.CC(=O)O.NCCN(Cc1ccccc1)Cc1ccccc1. The average Bonchev–Trinajstić information content (AvgIpc) is 2.56. The maximum absolute atomic E-state index is 9.00. The standard InChI is InChI=1S/C16H20N2.2C2H4O2/c17-11-12-18(13-15-7-3-1-4-8-15)14-16-9-5-2-6-10-16;2*1-2(3)4/h1-10H,11-14,17H2;2*1H3,(H,3,4). The van der Waals surface area contributed by atoms with Crippen molar-refractivity contribution in [3.8, 4) is 0 Å². The van der Waals surface area contributed by atoms with Crippen molar-refractivity contribution in [2.75, 3.05) is 13.1 Å². The van der Waals surface area contributed by atoms with E-state index in [2.05, 4.69) is 53.4 Å². The Morgan fingerprint density at radius 2 is 1.12 bits per heavy atom. The molecule has 0 spiro atoms. The van der Waals surface area contributed by atoms with E-state index in [9.17, 15) is 0 Å². The minimum absolute atomic E-state index is 0.694. The first kappa shape index (κ1) is 23.3. The van der Waals surface area contributed by atoms with E-state index in [1.165, 1.54) is 11.1 Å². The number of carboxylic acid groups (broad SMARTS) is 2. The molecular weight excluding hydrogens is 332 g/mol. The zero-order valence-corrected chi connectivity index (χ0v) is 15.3. The Morgan fingerprint density at radius 1 is 0.808 bits per heavy atom. The second kappa shape index (κ2) is 14.6. The minimum Gasteiger partial charge on any atom is -0.481 e. The van der Waals surface area contributed by atoms with Crippen LogP contribution >= 0.6 is 0 Å². The van der Waals surface area contributed by atoms with Gasteiger partial charge in [0.05, 0.1) is 0 Å². The van der Waals surface area contributed by atoms with Crippen molar-refractivity contribution >= 4 is 11.9 Å². The summed E-state index contributed by atoms with van der Waals surface area (Å²) in [5.41, 5.74) is 8.37. The first-order chi connectivity index (χ1) is 12.3. The van der Waals surface area contributed by atoms with Crippen LogP contribution in [0.25, 0.3) is 0 Å². The molecule has 0 amide bonds. The van der Waals surface area contributed by atoms with Gasteiger partial charge in [-0.3, -0.25) is 14.5 Å². The third-order valence-corrected chi connectivity index (χ3v) is 2.94. The Labute approximate surface area is 154 Å². The average molecular weight is 360 g/mol. The Hall–Kier alpha value is -2.70. The first-order valence-corrected chi connectivity index (χ1v) is 8.24. The molecule has 0 aliphatic rings. The summed E-state index contributed by atoms with van der Waals surface area (Å²) in [6.45, 7) is 5.68. The molecule has 0 saturated heterocycles. The van der Waals surface area contributed by atoms with E-state index < -0.39 is 11.9 Å². The molecule has 2 aromatic carbocycles. The summed E-state index contributed by atoms with van der Waals surface area (Å²) < 4.78 is 0. The number of carboxylic acids is 2. The molecule has 4 N–H and O–H groups in total. The van der Waals surface area contributed by atoms with Crippen molar-refractivity contribution in [1.29, 1.82) is 0 Å². The number of hydrogen-bond donors (Lipinski definition) is 3. The number of rotatable bonds is 6. The van der Waals surface area contributed by atoms with Gasteiger partial charge >= 0.3 is 0 Å². The highest BCUT2D eigenvalue weighted by Gasteiger charge is 2.05. The topological polar surface area (TPSA) is 104 Å². The number of aliphatic carboxylic acids is 2. The lowest BCUT2D eigenvalue weighted by molar-refractivity contribution is -0.135. The Kier molecular flexibility index (Phi) is 13.1. The third-order valence-electron chi connectivity index (χ3n) is 2.94. The fraction of sp³-hybridized carbons (Fsp3) is 0.300. The van der Waals surface area contributed by atoms with Gasteiger partial charge in [-0.25, -0.2) is 0 Å². The van der Waals surface area contributed by atoms with E-state index in [-0.39, 0.29) is 0 Å². The molecule has 142 valence electrons. The van der Waals surface area contributed by atoms with Gasteiger partial charge in [0, 0.05) is 40.0 Å². The molecule has 0 aliphatic carbocycles. The lowest BCUT2D eigenvalue weighted by Gasteiger charge is -2.21. The number of nitrogens with zero attached hydrogens (tertiary/aromatic N) is 1. The molecule has 26 heavy (non-hydrogen) atoms. The van der Waals surface area contributed by atoms with Crippen LogP contribution in [0.3, 0.4) is 0 Å². The summed E-state index contributed by atoms with van der Waals surface area (Å²) in [4.78, 5) is 20.4. The molecule has 0 saturated carbocycles. The number of hydrogen-bond acceptors (Lipinski definition) is 4. The van der Waals surface area contributed by atoms with Crippen LogP contribution in [0.15, 0.2) is 60.7 Å². The van der Waals surface area contributed by atoms with Gasteiger partial charge in [-0.05, 0) is 11.1 Å². The van der Waals surface area contributed by atoms with E-state index in [0.29, 0.717) is 6.54 Å². The molecule has 0 heterocycles. The van der Waals surface area contributed by atoms with Gasteiger partial charge in [0.2, 0.25) is 0 Å². The number of carbonyl (C=O) groups is 2. The second-order valence-corrected chi connectivity index (χ2v) is 5.51. The Morgan fingerprint density at radius 3 is 1.38 bits per heavy atom. The fourth-order valence-electron chi connectivity index (χ4n) is 2.08. The van der Waals surface area contributed by atoms with Crippen molar-refractivity contribution in [2.24, 2.45) is 5.73 Å². The predicted octanol–water partition coefficient (Wildman–Crippen LogP) is 2.83. The van der Waals surface area contributed by atoms with Gasteiger partial charge in [-0.1, -0.05) is 60.7 Å². The summed E-state index contributed by atoms with van der Waals surface area (Å²) >= 11 is 0. The molecule has 0 fully saturated rings. The zero-order valence-electron chi connectivity index (χ0n) is 15.3. The summed E-state index contributed by atoms with van der Waals surface area (Å²) in [6.07, 6.45) is 0. The monoisotopic (exact) mass is 360 g/mol. The molecule has 6 heteroatoms. The van der Waals surface area contributed by atoms with Crippen LogP contribution < -0.4 is 5.73 Å². The molecule has 2 rings (SSSR count). The minimum atomic E-state index is -0.833. The van der Waals surface area contributed by atoms with Crippen molar-refractivity contribution in [2.45, 2.75) is 26.9 Å². The molecular formula is C20H28N2O4. The Bertz CT molecular complexity index is 557. The summed E-state index contributed by atoms with van der Waals surface area (Å²) in [7, 11) is 0. The Balaban J connectivity index is 0.000000662. The van der Waals surface area contributed by atoms with E-state index in [1.54, 1.807) is 0 Å². The van der Waals surface area contributed by atoms with Crippen molar-refractivity contribution in [3.05, 3.63) is 71.8 Å². The fourth-order valence-corrected chi connectivity index (χ4v) is 2.08. The molecule has 0 atom stereocenters. The largest absolute Gasteiger partial charge is 0.481 e. The quantitative estimate of drug-likeness (QED) is 0.732. The van der Waals surface area contributed by atoms with Crippen LogP contribution in [0.2, 0.25) is 0 Å². The summed E-state index contributed by atoms with van der Waals surface area (Å²) in [5, 5.41) is 14.8. The van der Waals surface area contributed by atoms with E-state index in [1.807, 2.05) is 12.1 Å². The van der Waals surface area contributed by atoms with E-state index in [0.717, 1.165) is 33.5 Å². The van der Waals surface area contributed by atoms with E-state index in [4.69, 9.17) is 25.5 Å². The smallest absolute Gasteiger partial charge is 0.300 e. The predicted molar refractivity (Wildman–Crippen MR) is 103 cm³/mol. The van der Waals surface area contributed by atoms with Crippen LogP contribution in [-0.2, 0) is 22.7 Å². The van der Waals surface area contributed by atoms with Gasteiger partial charge in [0.25, 0.3) is 11.9 Å². The van der Waals surface area contributed by atoms with Gasteiger partial charge in [-0.15, -0.1) is 0 Å². The third kappa shape index (κ3) is 14.9. The number of nitrogens with two attached hydrogens (primary N) is 1. The lowest BCUT2D eigenvalue weighted by Crippen LogP contribution is -2.28. The normalized spacial score (nSPS) is 9.38. The molecule has 0 aromatic heterocycles. The lowest BCUT2D eigenvalue weighted by atomic mass is 10.1. The molecule has 0 aliphatic heterocycles. The summed E-state index contributed by atoms with van der Waals surface area (Å²) in [5.74, 6) is -1.67. The van der Waals surface area contributed by atoms with Gasteiger partial charge < -0.3 is 15.9 Å². The summed E-state index contributed by atoms with van der Waals surface area (Å²) in [6, 6.07) is 21.1. The molecule has 0 radical (unpaired) electrons. The van der Waals surface area contributed by atoms with Crippen LogP contribution in [-0.4, -0.2) is 40.1 Å². The molecule has 0 unspecified atom stereocenters. The van der Waals surface area contributed by atoms with Crippen LogP contribution in [0, 0.1) is 0 Å². The van der Waals surface area contributed by atoms with Crippen LogP contribution in [0.5, 0.6) is 0 Å². The zero-order chi connectivity index (χ0) is 19.8. The maximum Gasteiger partial charge on any atom is 0.300 e. The highest BCUT2D eigenvalue weighted by Crippen LogP contribution is 2.09. The maximum atomic E-state index is 9.00. The highest BCUT2D eigenvalue weighted by atomic mass is 16.4. The van der Waals surface area contributed by atoms with E-state index >= 15 is 0 Å². The molecule has 0 bridgehead atoms. The van der Waals surface area contributed by atoms with Crippen LogP contribution in [0.4, 0.5) is 0 Å². The van der Waals surface area contributed by atoms with Gasteiger partial charge in [0.1, 0.15) is 0 Å². The van der Waals surface area contributed by atoms with Crippen molar-refractivity contribution in [1.82, 2.24) is 4.90 Å². The van der Waals surface area contributed by atoms with Gasteiger partial charge in [0.15, 0.2) is 0 Å². The van der Waals surface area contributed by atoms with Crippen molar-refractivity contribution in [3.63, 3.8) is 0 Å². The first-order valence-electron chi connectivity index (χ1n) is 8.24. The molecule has 6 nitrogen and oxygen atoms in total. The highest BCUT2D eigenvalue weighted by molar-refractivity contribution is 5.63.